The number of hydrogen-bond donors (Lipinski definition) is 0. The maximum Gasteiger partial charge on any atom is 0.181 e. The summed E-state index contributed by atoms with van der Waals surface area (Å²) >= 11 is 0. The smallest absolute Gasteiger partial charge is 0.181 e. The fourth-order valence-corrected chi connectivity index (χ4v) is 3.64. The first-order chi connectivity index (χ1) is 12.4. The summed E-state index contributed by atoms with van der Waals surface area (Å²) in [5.41, 5.74) is 1.54. The van der Waals surface area contributed by atoms with Gasteiger partial charge in [-0.25, -0.2) is 4.57 Å². The van der Waals surface area contributed by atoms with Crippen molar-refractivity contribution in [2.45, 2.75) is 123 Å². The molecule has 1 heteroatoms. The second-order valence-corrected chi connectivity index (χ2v) is 7.73. The highest BCUT2D eigenvalue weighted by molar-refractivity contribution is 4.97. The molecule has 0 unspecified atom stereocenters. The van der Waals surface area contributed by atoms with Crippen LogP contribution in [-0.4, -0.2) is 0 Å². The minimum atomic E-state index is 1.21. The Bertz CT molecular complexity index is 399. The summed E-state index contributed by atoms with van der Waals surface area (Å²) in [6.45, 7) is 5.79. The molecule has 1 aromatic heterocycles. The summed E-state index contributed by atoms with van der Waals surface area (Å²) in [5, 5.41) is 0. The largest absolute Gasteiger partial charge is 0.202 e. The molecule has 0 aliphatic heterocycles. The number of unbranched alkanes of at least 4 members (excludes halogenated alkanes) is 13. The summed E-state index contributed by atoms with van der Waals surface area (Å²) in [5.74, 6) is 0. The van der Waals surface area contributed by atoms with Crippen LogP contribution < -0.4 is 4.57 Å². The van der Waals surface area contributed by atoms with Gasteiger partial charge in [-0.1, -0.05) is 97.0 Å². The number of hydrogen-bond acceptors (Lipinski definition) is 0. The van der Waals surface area contributed by atoms with Crippen LogP contribution in [0.15, 0.2) is 24.4 Å². The standard InChI is InChI=1S/C24H44N/c1-3-5-7-9-11-12-13-15-18-22-25-23-19-17-21-24(25)20-16-14-10-8-6-4-2/h17,19,21,23H,3-16,18,20,22H2,1-2H3/q+1. The SMILES string of the molecule is CCCCCCCCCCC[n+]1ccccc1CCCCCCCC. The van der Waals surface area contributed by atoms with E-state index in [0.717, 1.165) is 0 Å². The zero-order valence-electron chi connectivity index (χ0n) is 17.3. The molecule has 0 aromatic carbocycles. The van der Waals surface area contributed by atoms with Crippen LogP contribution >= 0.6 is 0 Å². The number of pyridine rings is 1. The van der Waals surface area contributed by atoms with E-state index >= 15 is 0 Å². The summed E-state index contributed by atoms with van der Waals surface area (Å²) in [4.78, 5) is 0. The van der Waals surface area contributed by atoms with E-state index < -0.39 is 0 Å². The highest BCUT2D eigenvalue weighted by atomic mass is 14.9. The van der Waals surface area contributed by atoms with Crippen molar-refractivity contribution in [2.24, 2.45) is 0 Å². The lowest BCUT2D eigenvalue weighted by molar-refractivity contribution is -0.704. The zero-order chi connectivity index (χ0) is 18.0. The average Bonchev–Trinajstić information content (AvgIpc) is 2.64. The fourth-order valence-electron chi connectivity index (χ4n) is 3.64. The van der Waals surface area contributed by atoms with Crippen molar-refractivity contribution in [1.29, 1.82) is 0 Å². The Morgan fingerprint density at radius 3 is 1.72 bits per heavy atom. The Balaban J connectivity index is 2.10. The summed E-state index contributed by atoms with van der Waals surface area (Å²) in [7, 11) is 0. The van der Waals surface area contributed by atoms with E-state index in [2.05, 4.69) is 42.8 Å². The molecule has 0 radical (unpaired) electrons. The van der Waals surface area contributed by atoms with E-state index in [-0.39, 0.29) is 0 Å². The van der Waals surface area contributed by atoms with Crippen molar-refractivity contribution >= 4 is 0 Å². The minimum Gasteiger partial charge on any atom is -0.202 e. The van der Waals surface area contributed by atoms with E-state index in [4.69, 9.17) is 0 Å². The van der Waals surface area contributed by atoms with Crippen molar-refractivity contribution in [3.05, 3.63) is 30.1 Å². The molecule has 0 bridgehead atoms. The third-order valence-electron chi connectivity index (χ3n) is 5.32. The molecule has 1 rings (SSSR count). The van der Waals surface area contributed by atoms with Gasteiger partial charge in [-0.15, -0.1) is 0 Å². The first kappa shape index (κ1) is 22.2. The van der Waals surface area contributed by atoms with E-state index in [9.17, 15) is 0 Å². The molecular weight excluding hydrogens is 302 g/mol. The Kier molecular flexibility index (Phi) is 14.7. The van der Waals surface area contributed by atoms with Crippen LogP contribution in [0.3, 0.4) is 0 Å². The number of nitrogens with zero attached hydrogens (tertiary/aromatic N) is 1. The molecule has 0 atom stereocenters. The van der Waals surface area contributed by atoms with Gasteiger partial charge in [-0.2, -0.15) is 0 Å². The van der Waals surface area contributed by atoms with Gasteiger partial charge in [-0.3, -0.25) is 0 Å². The Morgan fingerprint density at radius 2 is 1.12 bits per heavy atom. The first-order valence-electron chi connectivity index (χ1n) is 11.4. The normalized spacial score (nSPS) is 11.1. The van der Waals surface area contributed by atoms with Crippen LogP contribution in [0.5, 0.6) is 0 Å². The molecule has 0 N–H and O–H groups in total. The highest BCUT2D eigenvalue weighted by Crippen LogP contribution is 2.10. The van der Waals surface area contributed by atoms with Crippen LogP contribution in [0.2, 0.25) is 0 Å². The maximum atomic E-state index is 2.51. The van der Waals surface area contributed by atoms with Crippen LogP contribution in [0, 0.1) is 0 Å². The van der Waals surface area contributed by atoms with Gasteiger partial charge in [0.1, 0.15) is 6.54 Å². The predicted molar refractivity (Wildman–Crippen MR) is 111 cm³/mol. The predicted octanol–water partition coefficient (Wildman–Crippen LogP) is 7.41. The van der Waals surface area contributed by atoms with Crippen LogP contribution in [-0.2, 0) is 13.0 Å². The van der Waals surface area contributed by atoms with Gasteiger partial charge in [0, 0.05) is 25.0 Å². The lowest BCUT2D eigenvalue weighted by atomic mass is 10.1. The quantitative estimate of drug-likeness (QED) is 0.204. The third kappa shape index (κ3) is 12.2. The van der Waals surface area contributed by atoms with E-state index in [1.54, 1.807) is 0 Å². The van der Waals surface area contributed by atoms with Gasteiger partial charge in [0.15, 0.2) is 11.9 Å². The average molecular weight is 347 g/mol. The molecule has 0 aliphatic rings. The molecular formula is C24H44N+. The Hall–Kier alpha value is -0.850. The molecule has 25 heavy (non-hydrogen) atoms. The van der Waals surface area contributed by atoms with Crippen molar-refractivity contribution in [2.75, 3.05) is 0 Å². The van der Waals surface area contributed by atoms with E-state index in [0.29, 0.717) is 0 Å². The van der Waals surface area contributed by atoms with Crippen molar-refractivity contribution in [3.8, 4) is 0 Å². The number of aryl methyl sites for hydroxylation is 2. The van der Waals surface area contributed by atoms with Crippen molar-refractivity contribution in [1.82, 2.24) is 0 Å². The van der Waals surface area contributed by atoms with Gasteiger partial charge in [0.2, 0.25) is 0 Å². The third-order valence-corrected chi connectivity index (χ3v) is 5.32. The van der Waals surface area contributed by atoms with Crippen LogP contribution in [0.25, 0.3) is 0 Å². The maximum absolute atomic E-state index is 2.51. The lowest BCUT2D eigenvalue weighted by Crippen LogP contribution is -2.37. The second kappa shape index (κ2) is 16.6. The monoisotopic (exact) mass is 346 g/mol. The summed E-state index contributed by atoms with van der Waals surface area (Å²) in [6.07, 6.45) is 24.6. The second-order valence-electron chi connectivity index (χ2n) is 7.73. The summed E-state index contributed by atoms with van der Waals surface area (Å²) < 4.78 is 2.51. The number of aromatic nitrogens is 1. The lowest BCUT2D eigenvalue weighted by Gasteiger charge is -2.05. The fraction of sp³-hybridized carbons (Fsp3) is 0.792. The van der Waals surface area contributed by atoms with Gasteiger partial charge in [0.05, 0.1) is 0 Å². The molecule has 0 saturated heterocycles. The number of rotatable bonds is 17. The Labute approximate surface area is 158 Å². The van der Waals surface area contributed by atoms with Crippen molar-refractivity contribution < 1.29 is 4.57 Å². The molecule has 1 aromatic rings. The van der Waals surface area contributed by atoms with E-state index in [1.807, 2.05) is 0 Å². The molecule has 0 aliphatic carbocycles. The van der Waals surface area contributed by atoms with Gasteiger partial charge in [-0.05, 0) is 12.8 Å². The van der Waals surface area contributed by atoms with Gasteiger partial charge < -0.3 is 0 Å². The minimum absolute atomic E-state index is 1.21. The molecule has 144 valence electrons. The van der Waals surface area contributed by atoms with Crippen LogP contribution in [0.1, 0.15) is 116 Å². The Morgan fingerprint density at radius 1 is 0.600 bits per heavy atom. The van der Waals surface area contributed by atoms with Crippen molar-refractivity contribution in [3.63, 3.8) is 0 Å². The van der Waals surface area contributed by atoms with Crippen LogP contribution in [0.4, 0.5) is 0 Å². The molecule has 0 amide bonds. The molecule has 0 spiro atoms. The van der Waals surface area contributed by atoms with E-state index in [1.165, 1.54) is 115 Å². The zero-order valence-corrected chi connectivity index (χ0v) is 17.3. The van der Waals surface area contributed by atoms with Gasteiger partial charge in [0.25, 0.3) is 0 Å². The molecule has 1 nitrogen and oxygen atoms in total. The topological polar surface area (TPSA) is 3.88 Å². The molecule has 0 saturated carbocycles. The first-order valence-corrected chi connectivity index (χ1v) is 11.4. The summed E-state index contributed by atoms with van der Waals surface area (Å²) in [6, 6.07) is 6.73. The molecule has 0 fully saturated rings. The van der Waals surface area contributed by atoms with Gasteiger partial charge >= 0.3 is 0 Å². The highest BCUT2D eigenvalue weighted by Gasteiger charge is 2.08. The molecule has 1 heterocycles.